The molecule has 1 aliphatic carbocycles. The van der Waals surface area contributed by atoms with Crippen LogP contribution >= 0.6 is 0 Å². The van der Waals surface area contributed by atoms with Crippen LogP contribution < -0.4 is 0 Å². The lowest BCUT2D eigenvalue weighted by Gasteiger charge is -2.17. The largest absolute Gasteiger partial charge is 0.396 e. The van der Waals surface area contributed by atoms with Gasteiger partial charge in [0.2, 0.25) is 10.0 Å². The molecule has 19 heavy (non-hydrogen) atoms. The third-order valence-electron chi connectivity index (χ3n) is 3.47. The maximum Gasteiger partial charge on any atom is 0.242 e. The molecule has 0 amide bonds. The van der Waals surface area contributed by atoms with Crippen LogP contribution in [0.5, 0.6) is 0 Å². The van der Waals surface area contributed by atoms with Crippen LogP contribution in [0.4, 0.5) is 0 Å². The lowest BCUT2D eigenvalue weighted by atomic mass is 10.1. The summed E-state index contributed by atoms with van der Waals surface area (Å²) < 4.78 is 26.1. The maximum atomic E-state index is 12.3. The van der Waals surface area contributed by atoms with E-state index in [1.54, 1.807) is 19.2 Å². The fourth-order valence-corrected chi connectivity index (χ4v) is 3.30. The van der Waals surface area contributed by atoms with E-state index in [-0.39, 0.29) is 6.61 Å². The molecule has 0 spiro atoms. The van der Waals surface area contributed by atoms with E-state index in [9.17, 15) is 8.42 Å². The maximum absolute atomic E-state index is 12.3. The number of nitrogens with zero attached hydrogens (tertiary/aromatic N) is 1. The summed E-state index contributed by atoms with van der Waals surface area (Å²) in [6.07, 6.45) is 3.75. The molecule has 1 N–H and O–H groups in total. The Morgan fingerprint density at radius 1 is 1.26 bits per heavy atom. The Balaban J connectivity index is 2.06. The number of sulfonamides is 1. The molecule has 0 saturated heterocycles. The van der Waals surface area contributed by atoms with E-state index >= 15 is 0 Å². The molecule has 1 fully saturated rings. The van der Waals surface area contributed by atoms with Crippen molar-refractivity contribution in [3.05, 3.63) is 29.8 Å². The monoisotopic (exact) mass is 283 g/mol. The van der Waals surface area contributed by atoms with Crippen LogP contribution in [0.25, 0.3) is 0 Å². The third kappa shape index (κ3) is 3.78. The van der Waals surface area contributed by atoms with Crippen LogP contribution in [0.15, 0.2) is 29.2 Å². The average Bonchev–Trinajstić information content (AvgIpc) is 3.20. The van der Waals surface area contributed by atoms with Gasteiger partial charge in [0.1, 0.15) is 0 Å². The molecule has 0 unspecified atom stereocenters. The standard InChI is InChI=1S/C14H21NO3S/c1-15(11-13-4-5-13)19(17,18)14-8-6-12(7-9-14)3-2-10-16/h6-9,13,16H,2-5,10-11H2,1H3. The molecular formula is C14H21NO3S. The van der Waals surface area contributed by atoms with Crippen molar-refractivity contribution in [2.24, 2.45) is 5.92 Å². The van der Waals surface area contributed by atoms with E-state index in [2.05, 4.69) is 0 Å². The van der Waals surface area contributed by atoms with Crippen molar-refractivity contribution in [1.82, 2.24) is 4.31 Å². The fraction of sp³-hybridized carbons (Fsp3) is 0.571. The molecule has 1 saturated carbocycles. The molecule has 106 valence electrons. The highest BCUT2D eigenvalue weighted by atomic mass is 32.2. The van der Waals surface area contributed by atoms with Gasteiger partial charge in [-0.3, -0.25) is 0 Å². The Morgan fingerprint density at radius 3 is 2.42 bits per heavy atom. The molecule has 0 bridgehead atoms. The zero-order valence-corrected chi connectivity index (χ0v) is 12.1. The minimum atomic E-state index is -3.35. The Kier molecular flexibility index (Phi) is 4.60. The summed E-state index contributed by atoms with van der Waals surface area (Å²) >= 11 is 0. The Labute approximate surface area is 115 Å². The Morgan fingerprint density at radius 2 is 1.89 bits per heavy atom. The molecule has 0 atom stereocenters. The first-order valence-electron chi connectivity index (χ1n) is 6.70. The molecule has 1 aromatic rings. The van der Waals surface area contributed by atoms with Gasteiger partial charge in [0.15, 0.2) is 0 Å². The van der Waals surface area contributed by atoms with Gasteiger partial charge >= 0.3 is 0 Å². The molecule has 0 aromatic heterocycles. The highest BCUT2D eigenvalue weighted by Gasteiger charge is 2.28. The highest BCUT2D eigenvalue weighted by Crippen LogP contribution is 2.31. The van der Waals surface area contributed by atoms with E-state index in [0.29, 0.717) is 23.8 Å². The van der Waals surface area contributed by atoms with Gasteiger partial charge in [-0.05, 0) is 49.3 Å². The average molecular weight is 283 g/mol. The van der Waals surface area contributed by atoms with E-state index < -0.39 is 10.0 Å². The van der Waals surface area contributed by atoms with Crippen LogP contribution in [-0.2, 0) is 16.4 Å². The van der Waals surface area contributed by atoms with Crippen molar-refractivity contribution in [2.75, 3.05) is 20.2 Å². The second kappa shape index (κ2) is 6.03. The van der Waals surface area contributed by atoms with Crippen LogP contribution in [0.1, 0.15) is 24.8 Å². The van der Waals surface area contributed by atoms with Gasteiger partial charge in [0, 0.05) is 20.2 Å². The first kappa shape index (κ1) is 14.5. The number of hydrogen-bond donors (Lipinski definition) is 1. The number of rotatable bonds is 7. The van der Waals surface area contributed by atoms with Crippen molar-refractivity contribution in [3.8, 4) is 0 Å². The third-order valence-corrected chi connectivity index (χ3v) is 5.30. The van der Waals surface area contributed by atoms with Crippen molar-refractivity contribution < 1.29 is 13.5 Å². The van der Waals surface area contributed by atoms with E-state index in [1.807, 2.05) is 12.1 Å². The minimum absolute atomic E-state index is 0.157. The second-order valence-corrected chi connectivity index (χ2v) is 7.24. The highest BCUT2D eigenvalue weighted by molar-refractivity contribution is 7.89. The first-order chi connectivity index (χ1) is 9.04. The van der Waals surface area contributed by atoms with Gasteiger partial charge in [0.25, 0.3) is 0 Å². The van der Waals surface area contributed by atoms with Gasteiger partial charge in [-0.2, -0.15) is 0 Å². The topological polar surface area (TPSA) is 57.6 Å². The molecule has 1 aliphatic rings. The van der Waals surface area contributed by atoms with Crippen molar-refractivity contribution in [1.29, 1.82) is 0 Å². The predicted octanol–water partition coefficient (Wildman–Crippen LogP) is 1.64. The fourth-order valence-electron chi connectivity index (χ4n) is 2.05. The lowest BCUT2D eigenvalue weighted by Crippen LogP contribution is -2.28. The molecule has 5 heteroatoms. The molecule has 4 nitrogen and oxygen atoms in total. The Hall–Kier alpha value is -0.910. The number of aryl methyl sites for hydroxylation is 1. The molecule has 1 aromatic carbocycles. The summed E-state index contributed by atoms with van der Waals surface area (Å²) in [4.78, 5) is 0.350. The normalized spacial score (nSPS) is 15.9. The SMILES string of the molecule is CN(CC1CC1)S(=O)(=O)c1ccc(CCCO)cc1. The number of aliphatic hydroxyl groups excluding tert-OH is 1. The smallest absolute Gasteiger partial charge is 0.242 e. The van der Waals surface area contributed by atoms with Crippen molar-refractivity contribution in [3.63, 3.8) is 0 Å². The predicted molar refractivity (Wildman–Crippen MR) is 74.4 cm³/mol. The zero-order valence-electron chi connectivity index (χ0n) is 11.2. The summed E-state index contributed by atoms with van der Waals surface area (Å²) in [7, 11) is -1.70. The molecule has 2 rings (SSSR count). The summed E-state index contributed by atoms with van der Waals surface area (Å²) in [5, 5.41) is 8.77. The van der Waals surface area contributed by atoms with Gasteiger partial charge < -0.3 is 5.11 Å². The zero-order chi connectivity index (χ0) is 13.9. The lowest BCUT2D eigenvalue weighted by molar-refractivity contribution is 0.288. The van der Waals surface area contributed by atoms with Crippen LogP contribution in [0.2, 0.25) is 0 Å². The number of benzene rings is 1. The molecule has 0 radical (unpaired) electrons. The van der Waals surface area contributed by atoms with Crippen LogP contribution in [0.3, 0.4) is 0 Å². The summed E-state index contributed by atoms with van der Waals surface area (Å²) in [5.41, 5.74) is 1.05. The van der Waals surface area contributed by atoms with Crippen LogP contribution in [0, 0.1) is 5.92 Å². The second-order valence-electron chi connectivity index (χ2n) is 5.20. The molecule has 0 aliphatic heterocycles. The minimum Gasteiger partial charge on any atom is -0.396 e. The van der Waals surface area contributed by atoms with E-state index in [1.165, 1.54) is 4.31 Å². The molecular weight excluding hydrogens is 262 g/mol. The van der Waals surface area contributed by atoms with Gasteiger partial charge in [-0.1, -0.05) is 12.1 Å². The van der Waals surface area contributed by atoms with Gasteiger partial charge in [-0.15, -0.1) is 0 Å². The van der Waals surface area contributed by atoms with E-state index in [4.69, 9.17) is 5.11 Å². The number of hydrogen-bond acceptors (Lipinski definition) is 3. The summed E-state index contributed by atoms with van der Waals surface area (Å²) in [5.74, 6) is 0.545. The number of aliphatic hydroxyl groups is 1. The van der Waals surface area contributed by atoms with E-state index in [0.717, 1.165) is 24.8 Å². The summed E-state index contributed by atoms with van der Waals surface area (Å²) in [6, 6.07) is 6.97. The van der Waals surface area contributed by atoms with Crippen LogP contribution in [-0.4, -0.2) is 38.0 Å². The molecule has 0 heterocycles. The quantitative estimate of drug-likeness (QED) is 0.827. The van der Waals surface area contributed by atoms with Gasteiger partial charge in [0.05, 0.1) is 4.90 Å². The van der Waals surface area contributed by atoms with Crippen molar-refractivity contribution >= 4 is 10.0 Å². The van der Waals surface area contributed by atoms with Crippen molar-refractivity contribution in [2.45, 2.75) is 30.6 Å². The van der Waals surface area contributed by atoms with Gasteiger partial charge in [-0.25, -0.2) is 12.7 Å². The first-order valence-corrected chi connectivity index (χ1v) is 8.14. The summed E-state index contributed by atoms with van der Waals surface area (Å²) in [6.45, 7) is 0.777. The Bertz CT molecular complexity index is 506.